The molecule has 130 valence electrons. The molecule has 5 heteroatoms. The molecule has 0 amide bonds. The second-order valence-electron chi connectivity index (χ2n) is 6.06. The number of rotatable bonds is 7. The van der Waals surface area contributed by atoms with Gasteiger partial charge in [-0.3, -0.25) is 9.59 Å². The number of benzene rings is 1. The van der Waals surface area contributed by atoms with Gasteiger partial charge in [-0.05, 0) is 32.8 Å². The van der Waals surface area contributed by atoms with Crippen LogP contribution in [0, 0.1) is 5.92 Å². The van der Waals surface area contributed by atoms with Gasteiger partial charge >= 0.3 is 11.9 Å². The Morgan fingerprint density at radius 3 is 2.30 bits per heavy atom. The van der Waals surface area contributed by atoms with Crippen molar-refractivity contribution in [1.29, 1.82) is 0 Å². The van der Waals surface area contributed by atoms with Gasteiger partial charge in [0.25, 0.3) is 0 Å². The van der Waals surface area contributed by atoms with Crippen LogP contribution in [0.4, 0.5) is 0 Å². The summed E-state index contributed by atoms with van der Waals surface area (Å²) >= 11 is 2.19. The Morgan fingerprint density at radius 2 is 1.78 bits per heavy atom. The molecule has 0 spiro atoms. The summed E-state index contributed by atoms with van der Waals surface area (Å²) in [6, 6.07) is 9.47. The SMILES string of the molecule is C.CC(C)(C)OC(=O)[C@@H](CCI)CC(=O)OCc1ccccc1. The molecule has 0 bridgehead atoms. The van der Waals surface area contributed by atoms with E-state index in [1.165, 1.54) is 0 Å². The van der Waals surface area contributed by atoms with E-state index in [-0.39, 0.29) is 32.4 Å². The highest BCUT2D eigenvalue weighted by Crippen LogP contribution is 2.18. The number of halogens is 1. The summed E-state index contributed by atoms with van der Waals surface area (Å²) in [7, 11) is 0. The Balaban J connectivity index is 0.00000484. The first-order valence-corrected chi connectivity index (χ1v) is 8.83. The zero-order chi connectivity index (χ0) is 16.6. The minimum Gasteiger partial charge on any atom is -0.461 e. The fourth-order valence-corrected chi connectivity index (χ4v) is 2.57. The van der Waals surface area contributed by atoms with Crippen LogP contribution in [0.1, 0.15) is 46.6 Å². The molecule has 1 rings (SSSR count). The topological polar surface area (TPSA) is 52.6 Å². The van der Waals surface area contributed by atoms with Gasteiger partial charge in [0, 0.05) is 4.43 Å². The van der Waals surface area contributed by atoms with Gasteiger partial charge in [0.1, 0.15) is 12.2 Å². The van der Waals surface area contributed by atoms with E-state index in [0.717, 1.165) is 9.99 Å². The van der Waals surface area contributed by atoms with Gasteiger partial charge in [-0.15, -0.1) is 0 Å². The minimum absolute atomic E-state index is 0. The molecular formula is C18H27IO4. The molecule has 0 aliphatic carbocycles. The number of carbonyl (C=O) groups excluding carboxylic acids is 2. The molecule has 1 atom stereocenters. The molecular weight excluding hydrogens is 407 g/mol. The maximum absolute atomic E-state index is 12.1. The van der Waals surface area contributed by atoms with Gasteiger partial charge in [0.05, 0.1) is 12.3 Å². The third-order valence-electron chi connectivity index (χ3n) is 2.85. The molecule has 0 unspecified atom stereocenters. The molecule has 0 aromatic heterocycles. The van der Waals surface area contributed by atoms with Gasteiger partial charge < -0.3 is 9.47 Å². The van der Waals surface area contributed by atoms with Crippen LogP contribution in [0.5, 0.6) is 0 Å². The average molecular weight is 434 g/mol. The van der Waals surface area contributed by atoms with E-state index in [0.29, 0.717) is 6.42 Å². The molecule has 0 heterocycles. The molecule has 0 N–H and O–H groups in total. The van der Waals surface area contributed by atoms with Crippen LogP contribution >= 0.6 is 22.6 Å². The number of esters is 2. The molecule has 1 aromatic rings. The molecule has 0 aliphatic heterocycles. The lowest BCUT2D eigenvalue weighted by atomic mass is 10.0. The first-order chi connectivity index (χ1) is 10.3. The van der Waals surface area contributed by atoms with E-state index in [4.69, 9.17) is 9.47 Å². The number of alkyl halides is 1. The number of hydrogen-bond donors (Lipinski definition) is 0. The first kappa shape index (κ1) is 21.9. The standard InChI is InChI=1S/C17H23IO4.CH4/c1-17(2,3)22-16(20)14(9-10-18)11-15(19)21-12-13-7-5-4-6-8-13;/h4-8,14H,9-12H2,1-3H3;1H4/t14-;/m0./s1. The van der Waals surface area contributed by atoms with Crippen LogP contribution in [-0.2, 0) is 25.7 Å². The molecule has 0 aliphatic rings. The lowest BCUT2D eigenvalue weighted by Crippen LogP contribution is -2.30. The van der Waals surface area contributed by atoms with E-state index in [1.807, 2.05) is 51.1 Å². The summed E-state index contributed by atoms with van der Waals surface area (Å²) in [4.78, 5) is 24.1. The zero-order valence-electron chi connectivity index (χ0n) is 13.3. The Kier molecular flexibility index (Phi) is 10.1. The van der Waals surface area contributed by atoms with Crippen LogP contribution in [0.3, 0.4) is 0 Å². The van der Waals surface area contributed by atoms with Crippen LogP contribution in [-0.4, -0.2) is 22.0 Å². The van der Waals surface area contributed by atoms with E-state index in [1.54, 1.807) is 0 Å². The molecule has 0 fully saturated rings. The van der Waals surface area contributed by atoms with Crippen LogP contribution in [0.15, 0.2) is 30.3 Å². The third kappa shape index (κ3) is 9.58. The van der Waals surface area contributed by atoms with Gasteiger partial charge in [0.15, 0.2) is 0 Å². The maximum atomic E-state index is 12.1. The maximum Gasteiger partial charge on any atom is 0.310 e. The highest BCUT2D eigenvalue weighted by atomic mass is 127. The number of carbonyl (C=O) groups is 2. The van der Waals surface area contributed by atoms with Gasteiger partial charge in [-0.2, -0.15) is 0 Å². The second-order valence-corrected chi connectivity index (χ2v) is 7.14. The lowest BCUT2D eigenvalue weighted by Gasteiger charge is -2.23. The van der Waals surface area contributed by atoms with Crippen molar-refractivity contribution < 1.29 is 19.1 Å². The Hall–Kier alpha value is -1.11. The second kappa shape index (κ2) is 10.6. The summed E-state index contributed by atoms with van der Waals surface area (Å²) in [5.74, 6) is -1.15. The highest BCUT2D eigenvalue weighted by molar-refractivity contribution is 14.1. The summed E-state index contributed by atoms with van der Waals surface area (Å²) in [5.41, 5.74) is 0.382. The Labute approximate surface area is 153 Å². The number of hydrogen-bond acceptors (Lipinski definition) is 4. The van der Waals surface area contributed by atoms with Crippen molar-refractivity contribution in [2.45, 2.75) is 53.2 Å². The molecule has 23 heavy (non-hydrogen) atoms. The summed E-state index contributed by atoms with van der Waals surface area (Å²) in [5, 5.41) is 0. The van der Waals surface area contributed by atoms with Crippen LogP contribution in [0.25, 0.3) is 0 Å². The molecule has 0 radical (unpaired) electrons. The predicted molar refractivity (Wildman–Crippen MR) is 100 cm³/mol. The number of ether oxygens (including phenoxy) is 2. The summed E-state index contributed by atoms with van der Waals surface area (Å²) in [6.07, 6.45) is 0.667. The van der Waals surface area contributed by atoms with E-state index < -0.39 is 11.5 Å². The van der Waals surface area contributed by atoms with Crippen molar-refractivity contribution in [3.8, 4) is 0 Å². The zero-order valence-corrected chi connectivity index (χ0v) is 15.5. The summed E-state index contributed by atoms with van der Waals surface area (Å²) < 4.78 is 11.4. The van der Waals surface area contributed by atoms with Crippen molar-refractivity contribution in [1.82, 2.24) is 0 Å². The quantitative estimate of drug-likeness (QED) is 0.359. The average Bonchev–Trinajstić information content (AvgIpc) is 2.44. The van der Waals surface area contributed by atoms with Crippen molar-refractivity contribution >= 4 is 34.5 Å². The molecule has 4 nitrogen and oxygen atoms in total. The van der Waals surface area contributed by atoms with E-state index in [2.05, 4.69) is 22.6 Å². The largest absolute Gasteiger partial charge is 0.461 e. The van der Waals surface area contributed by atoms with Crippen molar-refractivity contribution in [2.24, 2.45) is 5.92 Å². The lowest BCUT2D eigenvalue weighted by molar-refractivity contribution is -0.164. The van der Waals surface area contributed by atoms with Crippen molar-refractivity contribution in [3.63, 3.8) is 0 Å². The van der Waals surface area contributed by atoms with Crippen molar-refractivity contribution in [2.75, 3.05) is 4.43 Å². The predicted octanol–water partition coefficient (Wildman–Crippen LogP) is 4.54. The monoisotopic (exact) mass is 434 g/mol. The van der Waals surface area contributed by atoms with Crippen LogP contribution in [0.2, 0.25) is 0 Å². The van der Waals surface area contributed by atoms with Gasteiger partial charge in [-0.25, -0.2) is 0 Å². The normalized spacial score (nSPS) is 12.0. The first-order valence-electron chi connectivity index (χ1n) is 7.30. The fraction of sp³-hybridized carbons (Fsp3) is 0.556. The van der Waals surface area contributed by atoms with Crippen molar-refractivity contribution in [3.05, 3.63) is 35.9 Å². The Bertz CT molecular complexity index is 480. The smallest absolute Gasteiger partial charge is 0.310 e. The van der Waals surface area contributed by atoms with Gasteiger partial charge in [-0.1, -0.05) is 60.3 Å². The van der Waals surface area contributed by atoms with Crippen LogP contribution < -0.4 is 0 Å². The summed E-state index contributed by atoms with van der Waals surface area (Å²) in [6.45, 7) is 5.68. The molecule has 1 aromatic carbocycles. The Morgan fingerprint density at radius 1 is 1.17 bits per heavy atom. The van der Waals surface area contributed by atoms with E-state index in [9.17, 15) is 9.59 Å². The minimum atomic E-state index is -0.547. The molecule has 0 saturated heterocycles. The fourth-order valence-electron chi connectivity index (χ4n) is 1.82. The highest BCUT2D eigenvalue weighted by Gasteiger charge is 2.27. The van der Waals surface area contributed by atoms with E-state index >= 15 is 0 Å². The van der Waals surface area contributed by atoms with Gasteiger partial charge in [0.2, 0.25) is 0 Å². The molecule has 0 saturated carbocycles. The third-order valence-corrected chi connectivity index (χ3v) is 3.48.